The van der Waals surface area contributed by atoms with E-state index in [0.29, 0.717) is 45.8 Å². The van der Waals surface area contributed by atoms with Gasteiger partial charge in [0.15, 0.2) is 0 Å². The Balaban J connectivity index is 1.14. The summed E-state index contributed by atoms with van der Waals surface area (Å²) in [5, 5.41) is 29.0. The number of aliphatic hydroxyl groups is 2. The number of rotatable bonds is 11. The molecule has 2 nitrogen and oxygen atoms in total. The van der Waals surface area contributed by atoms with Crippen LogP contribution in [0.2, 0.25) is 0 Å². The molecule has 8 saturated carbocycles. The van der Waals surface area contributed by atoms with E-state index < -0.39 is 11.2 Å². The molecule has 2 N–H and O–H groups in total. The summed E-state index contributed by atoms with van der Waals surface area (Å²) in [7, 11) is 0. The van der Waals surface area contributed by atoms with Crippen LogP contribution in [-0.2, 0) is 0 Å². The van der Waals surface area contributed by atoms with Crippen LogP contribution in [0.4, 0.5) is 0 Å². The normalized spacial score (nSPS) is 52.4. The van der Waals surface area contributed by atoms with Gasteiger partial charge in [0.05, 0.1) is 11.2 Å². The second-order valence-electron chi connectivity index (χ2n) is 25.6. The minimum Gasteiger partial charge on any atom is -0.387 e. The molecule has 0 aromatic heterocycles. The van der Waals surface area contributed by atoms with Gasteiger partial charge in [-0.25, -0.2) is 0 Å². The van der Waals surface area contributed by atoms with Crippen LogP contribution in [0.25, 0.3) is 0 Å². The first-order chi connectivity index (χ1) is 26.5. The summed E-state index contributed by atoms with van der Waals surface area (Å²) in [6, 6.07) is 0. The predicted molar refractivity (Wildman–Crippen MR) is 236 cm³/mol. The van der Waals surface area contributed by atoms with E-state index >= 15 is 0 Å². The molecule has 0 saturated heterocycles. The first-order valence-electron chi connectivity index (χ1n) is 25.9. The lowest BCUT2D eigenvalue weighted by Gasteiger charge is -2.73. The molecule has 8 aliphatic rings. The fraction of sp³-hybridized carbons (Fsp3) is 1.00. The van der Waals surface area contributed by atoms with Crippen LogP contribution in [0, 0.1) is 105 Å². The molecule has 322 valence electrons. The van der Waals surface area contributed by atoms with E-state index in [1.165, 1.54) is 135 Å². The molecule has 0 spiro atoms. The van der Waals surface area contributed by atoms with Gasteiger partial charge in [0, 0.05) is 5.41 Å². The monoisotopic (exact) mass is 775 g/mol. The van der Waals surface area contributed by atoms with Crippen molar-refractivity contribution in [3.63, 3.8) is 0 Å². The highest BCUT2D eigenvalue weighted by molar-refractivity contribution is 5.26. The molecule has 0 aromatic rings. The maximum Gasteiger partial charge on any atom is 0.0994 e. The Morgan fingerprint density at radius 2 is 1.04 bits per heavy atom. The van der Waals surface area contributed by atoms with Crippen LogP contribution in [0.5, 0.6) is 0 Å². The predicted octanol–water partition coefficient (Wildman–Crippen LogP) is 14.7. The topological polar surface area (TPSA) is 40.5 Å². The number of hydrogen-bond acceptors (Lipinski definition) is 2. The van der Waals surface area contributed by atoms with Gasteiger partial charge in [-0.05, 0) is 195 Å². The first-order valence-corrected chi connectivity index (χ1v) is 25.9. The fourth-order valence-electron chi connectivity index (χ4n) is 19.9. The van der Waals surface area contributed by atoms with Gasteiger partial charge < -0.3 is 10.2 Å². The Kier molecular flexibility index (Phi) is 11.7. The molecule has 0 aliphatic heterocycles. The smallest absolute Gasteiger partial charge is 0.0994 e. The fourth-order valence-corrected chi connectivity index (χ4v) is 19.9. The Morgan fingerprint density at radius 1 is 0.482 bits per heavy atom. The molecule has 18 atom stereocenters. The molecule has 0 radical (unpaired) electrons. The van der Waals surface area contributed by atoms with Crippen LogP contribution >= 0.6 is 0 Å². The van der Waals surface area contributed by atoms with Crippen molar-refractivity contribution in [1.82, 2.24) is 0 Å². The molecule has 4 unspecified atom stereocenters. The van der Waals surface area contributed by atoms with Crippen LogP contribution < -0.4 is 0 Å². The average molecular weight is 775 g/mol. The largest absolute Gasteiger partial charge is 0.387 e. The zero-order chi connectivity index (χ0) is 40.1. The second-order valence-corrected chi connectivity index (χ2v) is 25.6. The quantitative estimate of drug-likeness (QED) is 0.219. The van der Waals surface area contributed by atoms with Crippen LogP contribution in [0.3, 0.4) is 0 Å². The Bertz CT molecular complexity index is 1370. The molecule has 0 bridgehead atoms. The maximum atomic E-state index is 14.5. The van der Waals surface area contributed by atoms with E-state index in [0.717, 1.165) is 66.6 Å². The van der Waals surface area contributed by atoms with Crippen molar-refractivity contribution >= 4 is 0 Å². The van der Waals surface area contributed by atoms with Gasteiger partial charge in [-0.2, -0.15) is 0 Å². The van der Waals surface area contributed by atoms with Gasteiger partial charge in [-0.3, -0.25) is 0 Å². The van der Waals surface area contributed by atoms with Gasteiger partial charge in [0.2, 0.25) is 0 Å². The van der Waals surface area contributed by atoms with E-state index in [2.05, 4.69) is 69.2 Å². The lowest BCUT2D eigenvalue weighted by molar-refractivity contribution is -0.338. The van der Waals surface area contributed by atoms with Crippen LogP contribution in [0.15, 0.2) is 0 Å². The minimum absolute atomic E-state index is 0.186. The number of hydrogen-bond donors (Lipinski definition) is 2. The highest BCUT2D eigenvalue weighted by atomic mass is 16.4. The van der Waals surface area contributed by atoms with Crippen LogP contribution in [-0.4, -0.2) is 21.4 Å². The van der Waals surface area contributed by atoms with Crippen molar-refractivity contribution in [3.05, 3.63) is 0 Å². The van der Waals surface area contributed by atoms with Crippen molar-refractivity contribution in [3.8, 4) is 0 Å². The van der Waals surface area contributed by atoms with Gasteiger partial charge >= 0.3 is 0 Å². The average Bonchev–Trinajstić information content (AvgIpc) is 3.69. The molecule has 0 heterocycles. The summed E-state index contributed by atoms with van der Waals surface area (Å²) >= 11 is 0. The summed E-state index contributed by atoms with van der Waals surface area (Å²) in [4.78, 5) is 0. The van der Waals surface area contributed by atoms with Crippen LogP contribution in [0.1, 0.15) is 223 Å². The molecule has 8 aliphatic carbocycles. The van der Waals surface area contributed by atoms with E-state index in [1.54, 1.807) is 0 Å². The van der Waals surface area contributed by atoms with Gasteiger partial charge in [-0.15, -0.1) is 0 Å². The molecular weight excluding hydrogens is 681 g/mol. The SMILES string of the molecule is CC(C)CCC[C@@H](C)[C@H]1CC[C@H]2[C@@H]3CCC4CCCC(O)(C5(O)CC6CCCC[C@]6(C)[C@H]6CC[C@]7(C)[C@@H]([C@H](C)CCCC(C)C)CC[C@H]7[C@@H]65)[C@]4(C)[C@H]3CC[C@]12C. The summed E-state index contributed by atoms with van der Waals surface area (Å²) < 4.78 is 0. The molecule has 56 heavy (non-hydrogen) atoms. The van der Waals surface area contributed by atoms with Crippen molar-refractivity contribution < 1.29 is 10.2 Å². The Labute approximate surface area is 348 Å². The Morgan fingerprint density at radius 3 is 1.66 bits per heavy atom. The lowest BCUT2D eigenvalue weighted by atomic mass is 9.34. The third-order valence-electron chi connectivity index (χ3n) is 22.7. The zero-order valence-electron chi connectivity index (χ0n) is 38.9. The van der Waals surface area contributed by atoms with Gasteiger partial charge in [0.1, 0.15) is 0 Å². The first kappa shape index (κ1) is 42.6. The van der Waals surface area contributed by atoms with E-state index in [1.807, 2.05) is 0 Å². The van der Waals surface area contributed by atoms with Crippen molar-refractivity contribution in [2.24, 2.45) is 105 Å². The highest BCUT2D eigenvalue weighted by Gasteiger charge is 2.76. The molecule has 8 rings (SSSR count). The second kappa shape index (κ2) is 15.4. The van der Waals surface area contributed by atoms with Gasteiger partial charge in [-0.1, -0.05) is 127 Å². The zero-order valence-corrected chi connectivity index (χ0v) is 38.9. The van der Waals surface area contributed by atoms with Crippen molar-refractivity contribution in [1.29, 1.82) is 0 Å². The van der Waals surface area contributed by atoms with E-state index in [4.69, 9.17) is 0 Å². The number of fused-ring (bicyclic) bond motifs is 10. The molecule has 0 aromatic carbocycles. The Hall–Kier alpha value is -0.0800. The highest BCUT2D eigenvalue weighted by Crippen LogP contribution is 2.77. The van der Waals surface area contributed by atoms with Gasteiger partial charge in [0.25, 0.3) is 0 Å². The van der Waals surface area contributed by atoms with Crippen molar-refractivity contribution in [2.75, 3.05) is 0 Å². The van der Waals surface area contributed by atoms with E-state index in [-0.39, 0.29) is 11.3 Å². The molecule has 0 amide bonds. The molecular formula is C54H94O2. The summed E-state index contributed by atoms with van der Waals surface area (Å²) in [6.45, 7) is 25.6. The van der Waals surface area contributed by atoms with E-state index in [9.17, 15) is 10.2 Å². The third kappa shape index (κ3) is 6.29. The lowest BCUT2D eigenvalue weighted by Crippen LogP contribution is -2.77. The molecule has 8 fully saturated rings. The minimum atomic E-state index is -0.983. The molecule has 2 heteroatoms. The summed E-state index contributed by atoms with van der Waals surface area (Å²) in [6.07, 6.45) is 31.2. The summed E-state index contributed by atoms with van der Waals surface area (Å²) in [5.74, 6) is 9.44. The summed E-state index contributed by atoms with van der Waals surface area (Å²) in [5.41, 5.74) is -1.06. The third-order valence-corrected chi connectivity index (χ3v) is 22.7. The standard InChI is InChI=1S/C54H94O2/c1-35(2)16-13-18-37(5)42-24-26-44-41-23-22-39-21-15-31-54(56,52(39,10)45(41)28-32-50(42,44)8)53(55)34-40-20-11-12-30-49(40,7)47-29-33-51(9)43(25-27-46(51)48(47)53)38(6)19-14-17-36(3)4/h35-48,55-56H,11-34H2,1-10H3/t37-,38-,39?,40?,41+,42-,43-,44+,45+,46+,47+,48+,49+,50-,51-,52+,53?,54?/m1/s1. The maximum absolute atomic E-state index is 14.5. The van der Waals surface area contributed by atoms with Crippen molar-refractivity contribution in [2.45, 2.75) is 235 Å².